The lowest BCUT2D eigenvalue weighted by molar-refractivity contribution is 0.276. The highest BCUT2D eigenvalue weighted by Gasteiger charge is 1.87. The molecule has 9 heavy (non-hydrogen) atoms. The van der Waals surface area contributed by atoms with Gasteiger partial charge in [0, 0.05) is 19.3 Å². The van der Waals surface area contributed by atoms with Gasteiger partial charge in [-0.1, -0.05) is 0 Å². The van der Waals surface area contributed by atoms with Crippen molar-refractivity contribution in [2.75, 3.05) is 6.61 Å². The number of aliphatic hydroxyl groups excluding tert-OH is 1. The normalized spacial score (nSPS) is 9.89. The Kier molecular flexibility index (Phi) is 2.27. The summed E-state index contributed by atoms with van der Waals surface area (Å²) < 4.78 is 1.68. The van der Waals surface area contributed by atoms with E-state index in [9.17, 15) is 0 Å². The van der Waals surface area contributed by atoms with Gasteiger partial charge in [0.2, 0.25) is 0 Å². The molecule has 0 unspecified atom stereocenters. The summed E-state index contributed by atoms with van der Waals surface area (Å²) in [6, 6.07) is 1.75. The zero-order valence-electron chi connectivity index (χ0n) is 5.12. The molecule has 0 saturated heterocycles. The van der Waals surface area contributed by atoms with Gasteiger partial charge < -0.3 is 5.11 Å². The summed E-state index contributed by atoms with van der Waals surface area (Å²) in [5, 5.41) is 12.3. The third-order valence-corrected chi connectivity index (χ3v) is 1.03. The third-order valence-electron chi connectivity index (χ3n) is 1.03. The summed E-state index contributed by atoms with van der Waals surface area (Å²) in [4.78, 5) is 0. The Labute approximate surface area is 53.9 Å². The molecule has 1 aromatic rings. The van der Waals surface area contributed by atoms with Gasteiger partial charge in [0.05, 0.1) is 6.20 Å². The van der Waals surface area contributed by atoms with E-state index in [2.05, 4.69) is 11.3 Å². The lowest BCUT2D eigenvalue weighted by atomic mass is 10.5. The largest absolute Gasteiger partial charge is 0.396 e. The second-order valence-corrected chi connectivity index (χ2v) is 1.76. The first kappa shape index (κ1) is 6.29. The molecule has 0 aliphatic heterocycles. The molecule has 0 spiro atoms. The number of aryl methyl sites for hydroxylation is 1. The van der Waals surface area contributed by atoms with Gasteiger partial charge in [0.25, 0.3) is 0 Å². The third kappa shape index (κ3) is 1.85. The summed E-state index contributed by atoms with van der Waals surface area (Å²) >= 11 is 0. The van der Waals surface area contributed by atoms with Crippen LogP contribution < -0.4 is 0 Å². The first-order valence-corrected chi connectivity index (χ1v) is 2.94. The van der Waals surface area contributed by atoms with Gasteiger partial charge >= 0.3 is 0 Å². The van der Waals surface area contributed by atoms with Crippen LogP contribution in [0.15, 0.2) is 12.3 Å². The molecule has 3 nitrogen and oxygen atoms in total. The van der Waals surface area contributed by atoms with Gasteiger partial charge in [-0.15, -0.1) is 0 Å². The number of hydrogen-bond acceptors (Lipinski definition) is 2. The SMILES string of the molecule is OCCCn1[c]ccn1. The van der Waals surface area contributed by atoms with Crippen LogP contribution >= 0.6 is 0 Å². The predicted molar refractivity (Wildman–Crippen MR) is 32.8 cm³/mol. The predicted octanol–water partition coefficient (Wildman–Crippen LogP) is 0.0657. The molecule has 3 heteroatoms. The smallest absolute Gasteiger partial charge is 0.0863 e. The average molecular weight is 125 g/mol. The molecule has 0 aliphatic carbocycles. The van der Waals surface area contributed by atoms with E-state index in [1.54, 1.807) is 16.9 Å². The maximum Gasteiger partial charge on any atom is 0.0863 e. The van der Waals surface area contributed by atoms with Gasteiger partial charge in [-0.25, -0.2) is 0 Å². The second kappa shape index (κ2) is 3.25. The molecule has 1 rings (SSSR count). The van der Waals surface area contributed by atoms with Crippen LogP contribution in [0.2, 0.25) is 0 Å². The van der Waals surface area contributed by atoms with Crippen LogP contribution in [-0.2, 0) is 6.54 Å². The Hall–Kier alpha value is -0.830. The Balaban J connectivity index is 2.30. The van der Waals surface area contributed by atoms with Crippen LogP contribution in [0.3, 0.4) is 0 Å². The molecule has 0 atom stereocenters. The van der Waals surface area contributed by atoms with Crippen LogP contribution in [0, 0.1) is 6.20 Å². The van der Waals surface area contributed by atoms with Crippen LogP contribution in [0.1, 0.15) is 6.42 Å². The Morgan fingerprint density at radius 2 is 2.56 bits per heavy atom. The number of rotatable bonds is 3. The molecule has 1 aromatic heterocycles. The van der Waals surface area contributed by atoms with Crippen molar-refractivity contribution in [2.45, 2.75) is 13.0 Å². The number of aromatic nitrogens is 2. The highest BCUT2D eigenvalue weighted by Crippen LogP contribution is 1.85. The fraction of sp³-hybridized carbons (Fsp3) is 0.500. The second-order valence-electron chi connectivity index (χ2n) is 1.76. The summed E-state index contributed by atoms with van der Waals surface area (Å²) in [6.07, 6.45) is 5.29. The van der Waals surface area contributed by atoms with E-state index >= 15 is 0 Å². The van der Waals surface area contributed by atoms with Gasteiger partial charge in [-0.05, 0) is 12.5 Å². The zero-order chi connectivity index (χ0) is 6.53. The topological polar surface area (TPSA) is 38.0 Å². The molecule has 0 aromatic carbocycles. The highest BCUT2D eigenvalue weighted by atomic mass is 16.3. The summed E-state index contributed by atoms with van der Waals surface area (Å²) in [6.45, 7) is 0.969. The van der Waals surface area contributed by atoms with E-state index in [4.69, 9.17) is 5.11 Å². The highest BCUT2D eigenvalue weighted by molar-refractivity contribution is 4.74. The maximum atomic E-state index is 8.41. The first-order chi connectivity index (χ1) is 4.43. The van der Waals surface area contributed by atoms with Crippen LogP contribution in [0.25, 0.3) is 0 Å². The summed E-state index contributed by atoms with van der Waals surface area (Å²) in [5.41, 5.74) is 0. The first-order valence-electron chi connectivity index (χ1n) is 2.94. The van der Waals surface area contributed by atoms with Crippen molar-refractivity contribution >= 4 is 0 Å². The quantitative estimate of drug-likeness (QED) is 0.620. The van der Waals surface area contributed by atoms with Crippen molar-refractivity contribution in [1.29, 1.82) is 0 Å². The Bertz CT molecular complexity index is 148. The summed E-state index contributed by atoms with van der Waals surface area (Å²) in [5.74, 6) is 0. The van der Waals surface area contributed by atoms with E-state index in [1.165, 1.54) is 0 Å². The van der Waals surface area contributed by atoms with Crippen LogP contribution in [0.4, 0.5) is 0 Å². The molecule has 1 N–H and O–H groups in total. The van der Waals surface area contributed by atoms with E-state index in [1.807, 2.05) is 0 Å². The zero-order valence-corrected chi connectivity index (χ0v) is 5.12. The molecule has 0 saturated carbocycles. The maximum absolute atomic E-state index is 8.41. The standard InChI is InChI=1S/C6H9N2O/c9-6-2-5-8-4-1-3-7-8/h1,3,9H,2,5-6H2. The van der Waals surface area contributed by atoms with Crippen molar-refractivity contribution in [2.24, 2.45) is 0 Å². The molecule has 0 fully saturated rings. The van der Waals surface area contributed by atoms with Crippen molar-refractivity contribution in [3.63, 3.8) is 0 Å². The Morgan fingerprint density at radius 3 is 3.11 bits per heavy atom. The lowest BCUT2D eigenvalue weighted by Crippen LogP contribution is -1.99. The molecule has 0 amide bonds. The monoisotopic (exact) mass is 125 g/mol. The minimum Gasteiger partial charge on any atom is -0.396 e. The number of hydrogen-bond donors (Lipinski definition) is 1. The van der Waals surface area contributed by atoms with Gasteiger partial charge in [0.15, 0.2) is 0 Å². The van der Waals surface area contributed by atoms with Crippen LogP contribution in [-0.4, -0.2) is 21.5 Å². The fourth-order valence-corrected chi connectivity index (χ4v) is 0.609. The van der Waals surface area contributed by atoms with Gasteiger partial charge in [0.1, 0.15) is 0 Å². The van der Waals surface area contributed by atoms with E-state index in [0.29, 0.717) is 0 Å². The van der Waals surface area contributed by atoms with Crippen LogP contribution in [0.5, 0.6) is 0 Å². The van der Waals surface area contributed by atoms with Gasteiger partial charge in [-0.3, -0.25) is 4.68 Å². The van der Waals surface area contributed by atoms with E-state index in [0.717, 1.165) is 13.0 Å². The number of aliphatic hydroxyl groups is 1. The lowest BCUT2D eigenvalue weighted by Gasteiger charge is -1.94. The number of nitrogens with zero attached hydrogens (tertiary/aromatic N) is 2. The van der Waals surface area contributed by atoms with E-state index in [-0.39, 0.29) is 6.61 Å². The molecule has 49 valence electrons. The molecule has 1 heterocycles. The molecular weight excluding hydrogens is 116 g/mol. The van der Waals surface area contributed by atoms with Crippen molar-refractivity contribution in [3.8, 4) is 0 Å². The van der Waals surface area contributed by atoms with Crippen molar-refractivity contribution in [3.05, 3.63) is 18.5 Å². The molecule has 0 bridgehead atoms. The summed E-state index contributed by atoms with van der Waals surface area (Å²) in [7, 11) is 0. The Morgan fingerprint density at radius 1 is 1.67 bits per heavy atom. The van der Waals surface area contributed by atoms with E-state index < -0.39 is 0 Å². The molecule has 0 aliphatic rings. The average Bonchev–Trinajstić information content (AvgIpc) is 2.34. The minimum absolute atomic E-state index is 0.216. The minimum atomic E-state index is 0.216. The van der Waals surface area contributed by atoms with Crippen molar-refractivity contribution < 1.29 is 5.11 Å². The molecular formula is C6H9N2O. The fourth-order valence-electron chi connectivity index (χ4n) is 0.609. The van der Waals surface area contributed by atoms with Gasteiger partial charge in [-0.2, -0.15) is 5.10 Å². The molecule has 1 radical (unpaired) electrons. The van der Waals surface area contributed by atoms with Crippen molar-refractivity contribution in [1.82, 2.24) is 9.78 Å².